The molecule has 6 nitrogen and oxygen atoms in total. The summed E-state index contributed by atoms with van der Waals surface area (Å²) < 4.78 is 0. The number of hydrogen-bond donors (Lipinski definition) is 3. The SMILES string of the molecule is CC(=O)C1=C(O)C(=O)N(CCNCCO)C1c1ccc(C(C)(C)C)cc1. The third kappa shape index (κ3) is 4.14. The van der Waals surface area contributed by atoms with Gasteiger partial charge in [0.05, 0.1) is 18.2 Å². The van der Waals surface area contributed by atoms with E-state index in [1.807, 2.05) is 24.3 Å². The Hall–Kier alpha value is -2.18. The van der Waals surface area contributed by atoms with E-state index in [1.165, 1.54) is 11.8 Å². The van der Waals surface area contributed by atoms with E-state index >= 15 is 0 Å². The van der Waals surface area contributed by atoms with Crippen LogP contribution in [0.4, 0.5) is 0 Å². The van der Waals surface area contributed by atoms with Crippen molar-refractivity contribution >= 4 is 11.7 Å². The van der Waals surface area contributed by atoms with Gasteiger partial charge in [0, 0.05) is 19.6 Å². The number of benzene rings is 1. The maximum Gasteiger partial charge on any atom is 0.290 e. The van der Waals surface area contributed by atoms with Gasteiger partial charge >= 0.3 is 0 Å². The summed E-state index contributed by atoms with van der Waals surface area (Å²) in [6.45, 7) is 8.93. The van der Waals surface area contributed by atoms with Crippen molar-refractivity contribution in [3.8, 4) is 0 Å². The molecule has 1 amide bonds. The fourth-order valence-electron chi connectivity index (χ4n) is 3.16. The molecule has 0 fully saturated rings. The molecule has 0 saturated heterocycles. The second-order valence-electron chi connectivity index (χ2n) is 7.57. The van der Waals surface area contributed by atoms with Gasteiger partial charge in [-0.3, -0.25) is 9.59 Å². The van der Waals surface area contributed by atoms with E-state index in [0.717, 1.165) is 11.1 Å². The van der Waals surface area contributed by atoms with Crippen LogP contribution in [0.25, 0.3) is 0 Å². The van der Waals surface area contributed by atoms with Crippen molar-refractivity contribution in [1.29, 1.82) is 0 Å². The summed E-state index contributed by atoms with van der Waals surface area (Å²) in [5, 5.41) is 22.1. The van der Waals surface area contributed by atoms with Gasteiger partial charge in [-0.1, -0.05) is 45.0 Å². The maximum atomic E-state index is 12.5. The number of nitrogens with zero attached hydrogens (tertiary/aromatic N) is 1. The minimum absolute atomic E-state index is 0.000684. The first-order valence-corrected chi connectivity index (χ1v) is 8.85. The van der Waals surface area contributed by atoms with Crippen molar-refractivity contribution in [2.75, 3.05) is 26.2 Å². The second-order valence-corrected chi connectivity index (χ2v) is 7.57. The minimum atomic E-state index is -0.593. The zero-order chi connectivity index (χ0) is 19.5. The molecule has 0 radical (unpaired) electrons. The molecule has 0 aliphatic carbocycles. The van der Waals surface area contributed by atoms with E-state index in [9.17, 15) is 14.7 Å². The monoisotopic (exact) mass is 360 g/mol. The number of carbonyl (C=O) groups excluding carboxylic acids is 2. The second kappa shape index (κ2) is 8.01. The van der Waals surface area contributed by atoms with Crippen LogP contribution in [-0.2, 0) is 15.0 Å². The van der Waals surface area contributed by atoms with E-state index in [-0.39, 0.29) is 23.4 Å². The average molecular weight is 360 g/mol. The molecule has 142 valence electrons. The lowest BCUT2D eigenvalue weighted by atomic mass is 9.85. The Morgan fingerprint density at radius 1 is 1.19 bits per heavy atom. The fourth-order valence-corrected chi connectivity index (χ4v) is 3.16. The molecule has 0 saturated carbocycles. The Balaban J connectivity index is 2.34. The largest absolute Gasteiger partial charge is 0.503 e. The topological polar surface area (TPSA) is 89.9 Å². The summed E-state index contributed by atoms with van der Waals surface area (Å²) in [5.74, 6) is -1.32. The fraction of sp³-hybridized carbons (Fsp3) is 0.500. The Kier molecular flexibility index (Phi) is 6.21. The Morgan fingerprint density at radius 2 is 1.81 bits per heavy atom. The number of Topliss-reactive ketones (excluding diaryl/α,β-unsaturated/α-hetero) is 1. The van der Waals surface area contributed by atoms with Crippen LogP contribution in [0.5, 0.6) is 0 Å². The predicted octanol–water partition coefficient (Wildman–Crippen LogP) is 1.85. The van der Waals surface area contributed by atoms with Crippen LogP contribution in [0.3, 0.4) is 0 Å². The average Bonchev–Trinajstić information content (AvgIpc) is 2.83. The number of aliphatic hydroxyl groups is 2. The number of rotatable bonds is 7. The summed E-state index contributed by atoms with van der Waals surface area (Å²) in [5.41, 5.74) is 2.09. The predicted molar refractivity (Wildman–Crippen MR) is 99.9 cm³/mol. The van der Waals surface area contributed by atoms with Gasteiger partial charge in [-0.15, -0.1) is 0 Å². The highest BCUT2D eigenvalue weighted by Gasteiger charge is 2.42. The highest BCUT2D eigenvalue weighted by atomic mass is 16.3. The molecule has 26 heavy (non-hydrogen) atoms. The van der Waals surface area contributed by atoms with Gasteiger partial charge in [0.2, 0.25) is 0 Å². The first-order valence-electron chi connectivity index (χ1n) is 8.85. The van der Waals surface area contributed by atoms with Gasteiger partial charge in [0.1, 0.15) is 0 Å². The molecule has 1 atom stereocenters. The Labute approximate surface area is 154 Å². The molecule has 6 heteroatoms. The van der Waals surface area contributed by atoms with Crippen molar-refractivity contribution in [1.82, 2.24) is 10.2 Å². The van der Waals surface area contributed by atoms with Crippen molar-refractivity contribution < 1.29 is 19.8 Å². The Bertz CT molecular complexity index is 702. The van der Waals surface area contributed by atoms with Crippen LogP contribution >= 0.6 is 0 Å². The molecule has 1 aliphatic heterocycles. The minimum Gasteiger partial charge on any atom is -0.503 e. The summed E-state index contributed by atoms with van der Waals surface area (Å²) in [6, 6.07) is 7.22. The molecule has 1 aromatic carbocycles. The van der Waals surface area contributed by atoms with Gasteiger partial charge in [-0.2, -0.15) is 0 Å². The Morgan fingerprint density at radius 3 is 2.31 bits per heavy atom. The van der Waals surface area contributed by atoms with Gasteiger partial charge in [0.25, 0.3) is 5.91 Å². The summed E-state index contributed by atoms with van der Waals surface area (Å²) >= 11 is 0. The number of amides is 1. The van der Waals surface area contributed by atoms with Crippen LogP contribution in [0.2, 0.25) is 0 Å². The van der Waals surface area contributed by atoms with Crippen molar-refractivity contribution in [2.24, 2.45) is 0 Å². The van der Waals surface area contributed by atoms with E-state index in [4.69, 9.17) is 5.11 Å². The molecular weight excluding hydrogens is 332 g/mol. The molecule has 1 aliphatic rings. The highest BCUT2D eigenvalue weighted by molar-refractivity contribution is 6.08. The van der Waals surface area contributed by atoms with Crippen LogP contribution in [0.15, 0.2) is 35.6 Å². The number of ketones is 1. The lowest BCUT2D eigenvalue weighted by molar-refractivity contribution is -0.129. The zero-order valence-electron chi connectivity index (χ0n) is 15.9. The first-order chi connectivity index (χ1) is 12.2. The number of nitrogens with one attached hydrogen (secondary N) is 1. The lowest BCUT2D eigenvalue weighted by Crippen LogP contribution is -2.37. The standard InChI is InChI=1S/C20H28N2O4/c1-13(24)16-17(14-5-7-15(8-6-14)20(2,3)4)22(19(26)18(16)25)11-9-21-10-12-23/h5-8,17,21,23,25H,9-12H2,1-4H3. The number of hydrogen-bond acceptors (Lipinski definition) is 5. The van der Waals surface area contributed by atoms with Gasteiger partial charge in [-0.25, -0.2) is 0 Å². The maximum absolute atomic E-state index is 12.5. The molecule has 1 unspecified atom stereocenters. The quantitative estimate of drug-likeness (QED) is 0.646. The smallest absolute Gasteiger partial charge is 0.290 e. The summed E-state index contributed by atoms with van der Waals surface area (Å²) in [7, 11) is 0. The van der Waals surface area contributed by atoms with Crippen molar-refractivity contribution in [2.45, 2.75) is 39.2 Å². The van der Waals surface area contributed by atoms with Crippen molar-refractivity contribution in [3.63, 3.8) is 0 Å². The third-order valence-electron chi connectivity index (χ3n) is 4.59. The molecule has 2 rings (SSSR count). The van der Waals surface area contributed by atoms with Crippen LogP contribution in [-0.4, -0.2) is 53.0 Å². The molecule has 0 spiro atoms. The van der Waals surface area contributed by atoms with Crippen LogP contribution in [0.1, 0.15) is 44.9 Å². The van der Waals surface area contributed by atoms with Crippen LogP contribution in [0, 0.1) is 0 Å². The molecule has 0 bridgehead atoms. The van der Waals surface area contributed by atoms with Gasteiger partial charge in [-0.05, 0) is 23.5 Å². The van der Waals surface area contributed by atoms with Crippen molar-refractivity contribution in [3.05, 3.63) is 46.7 Å². The number of carbonyl (C=O) groups is 2. The van der Waals surface area contributed by atoms with E-state index in [0.29, 0.717) is 19.6 Å². The first kappa shape index (κ1) is 20.1. The lowest BCUT2D eigenvalue weighted by Gasteiger charge is -2.27. The third-order valence-corrected chi connectivity index (χ3v) is 4.59. The summed E-state index contributed by atoms with van der Waals surface area (Å²) in [6.07, 6.45) is 0. The number of aliphatic hydroxyl groups excluding tert-OH is 2. The molecule has 3 N–H and O–H groups in total. The van der Waals surface area contributed by atoms with E-state index < -0.39 is 17.7 Å². The van der Waals surface area contributed by atoms with E-state index in [2.05, 4.69) is 26.1 Å². The van der Waals surface area contributed by atoms with E-state index in [1.54, 1.807) is 0 Å². The molecule has 0 aromatic heterocycles. The molecule has 1 aromatic rings. The molecule has 1 heterocycles. The normalized spacial score (nSPS) is 18.0. The van der Waals surface area contributed by atoms with Crippen LogP contribution < -0.4 is 5.32 Å². The zero-order valence-corrected chi connectivity index (χ0v) is 15.9. The van der Waals surface area contributed by atoms with Gasteiger partial charge in [0.15, 0.2) is 11.5 Å². The highest BCUT2D eigenvalue weighted by Crippen LogP contribution is 2.38. The molecular formula is C20H28N2O4. The van der Waals surface area contributed by atoms with Gasteiger partial charge < -0.3 is 20.4 Å². The summed E-state index contributed by atoms with van der Waals surface area (Å²) in [4.78, 5) is 26.1.